The average Bonchev–Trinajstić information content (AvgIpc) is 2.62. The molecule has 4 nitrogen and oxygen atoms in total. The van der Waals surface area contributed by atoms with E-state index in [0.29, 0.717) is 19.3 Å². The van der Waals surface area contributed by atoms with Crippen LogP contribution in [0.2, 0.25) is 5.82 Å². The van der Waals surface area contributed by atoms with Gasteiger partial charge >= 0.3 is 7.12 Å². The van der Waals surface area contributed by atoms with Gasteiger partial charge in [-0.1, -0.05) is 60.7 Å². The first-order valence-corrected chi connectivity index (χ1v) is 8.78. The minimum Gasteiger partial charge on any atom is -0.427 e. The Hall–Kier alpha value is -1.95. The molecule has 2 aromatic carbocycles. The van der Waals surface area contributed by atoms with Gasteiger partial charge < -0.3 is 15.8 Å². The number of carbonyl (C=O) groups excluding carboxylic acids is 1. The zero-order valence-electron chi connectivity index (χ0n) is 14.4. The molecule has 2 rings (SSSR count). The fourth-order valence-corrected chi connectivity index (χ4v) is 2.93. The Morgan fingerprint density at radius 2 is 1.48 bits per heavy atom. The second-order valence-electron chi connectivity index (χ2n) is 6.50. The molecule has 0 fully saturated rings. The number of aryl methyl sites for hydroxylation is 1. The Morgan fingerprint density at radius 3 is 2.04 bits per heavy atom. The summed E-state index contributed by atoms with van der Waals surface area (Å²) in [5.41, 5.74) is 8.19. The highest BCUT2D eigenvalue weighted by molar-refractivity contribution is 6.43. The third kappa shape index (κ3) is 6.82. The molecule has 0 unspecified atom stereocenters. The molecular formula is C20H26BNO3. The lowest BCUT2D eigenvalue weighted by Crippen LogP contribution is -2.33. The van der Waals surface area contributed by atoms with Gasteiger partial charge in [0.2, 0.25) is 0 Å². The van der Waals surface area contributed by atoms with E-state index in [1.54, 1.807) is 0 Å². The lowest BCUT2D eigenvalue weighted by atomic mass is 9.67. The molecule has 0 saturated carbocycles. The van der Waals surface area contributed by atoms with Crippen molar-refractivity contribution in [3.63, 3.8) is 0 Å². The fraction of sp³-hybridized carbons (Fsp3) is 0.350. The molecule has 0 saturated heterocycles. The number of hydrogen-bond acceptors (Lipinski definition) is 4. The van der Waals surface area contributed by atoms with Crippen LogP contribution in [0.15, 0.2) is 60.7 Å². The van der Waals surface area contributed by atoms with Crippen molar-refractivity contribution in [3.05, 3.63) is 71.8 Å². The van der Waals surface area contributed by atoms with Crippen molar-refractivity contribution in [2.75, 3.05) is 0 Å². The highest BCUT2D eigenvalue weighted by Crippen LogP contribution is 2.23. The molecule has 0 aliphatic rings. The van der Waals surface area contributed by atoms with Crippen molar-refractivity contribution in [1.82, 2.24) is 0 Å². The van der Waals surface area contributed by atoms with Gasteiger partial charge in [0.15, 0.2) is 0 Å². The Labute approximate surface area is 149 Å². The highest BCUT2D eigenvalue weighted by Gasteiger charge is 2.25. The van der Waals surface area contributed by atoms with E-state index < -0.39 is 13.2 Å². The van der Waals surface area contributed by atoms with Crippen LogP contribution < -0.4 is 5.73 Å². The summed E-state index contributed by atoms with van der Waals surface area (Å²) in [6, 6.07) is 19.0. The van der Waals surface area contributed by atoms with E-state index in [9.17, 15) is 14.8 Å². The zero-order chi connectivity index (χ0) is 18.1. The molecule has 2 atom stereocenters. The first-order valence-electron chi connectivity index (χ1n) is 8.78. The normalized spacial score (nSPS) is 13.2. The molecule has 0 bridgehead atoms. The van der Waals surface area contributed by atoms with E-state index in [4.69, 9.17) is 5.73 Å². The van der Waals surface area contributed by atoms with Crippen molar-refractivity contribution in [1.29, 1.82) is 0 Å². The quantitative estimate of drug-likeness (QED) is 0.581. The number of benzene rings is 2. The number of rotatable bonds is 10. The number of ketones is 1. The standard InChI is InChI=1S/C20H26BNO3/c22-19(15-17-9-5-2-6-10-17)20(23)14-13-18(21(24)25)12-11-16-7-3-1-4-8-16/h1-10,18-19,24-25H,11-15,22H2/t18-,19+/m1/s1. The first-order chi connectivity index (χ1) is 12.1. The van der Waals surface area contributed by atoms with Crippen molar-refractivity contribution < 1.29 is 14.8 Å². The summed E-state index contributed by atoms with van der Waals surface area (Å²) in [6.07, 6.45) is 2.60. The van der Waals surface area contributed by atoms with Crippen molar-refractivity contribution in [3.8, 4) is 0 Å². The van der Waals surface area contributed by atoms with E-state index in [2.05, 4.69) is 0 Å². The Kier molecular flexibility index (Phi) is 7.86. The molecule has 0 amide bonds. The maximum absolute atomic E-state index is 12.3. The Bertz CT molecular complexity index is 634. The first kappa shape index (κ1) is 19.4. The maximum Gasteiger partial charge on any atom is 0.454 e. The third-order valence-electron chi connectivity index (χ3n) is 4.54. The smallest absolute Gasteiger partial charge is 0.427 e. The molecule has 0 heterocycles. The number of nitrogens with two attached hydrogens (primary N) is 1. The molecule has 4 N–H and O–H groups in total. The van der Waals surface area contributed by atoms with Crippen LogP contribution in [-0.2, 0) is 17.6 Å². The summed E-state index contributed by atoms with van der Waals surface area (Å²) in [7, 11) is -1.41. The van der Waals surface area contributed by atoms with Crippen LogP contribution >= 0.6 is 0 Å². The van der Waals surface area contributed by atoms with Gasteiger partial charge in [-0.2, -0.15) is 0 Å². The molecule has 0 spiro atoms. The molecule has 0 aromatic heterocycles. The summed E-state index contributed by atoms with van der Waals surface area (Å²) >= 11 is 0. The lowest BCUT2D eigenvalue weighted by Gasteiger charge is -2.17. The van der Waals surface area contributed by atoms with Crippen LogP contribution in [0.25, 0.3) is 0 Å². The van der Waals surface area contributed by atoms with Gasteiger partial charge in [-0.25, -0.2) is 0 Å². The monoisotopic (exact) mass is 339 g/mol. The predicted molar refractivity (Wildman–Crippen MR) is 101 cm³/mol. The van der Waals surface area contributed by atoms with Gasteiger partial charge in [-0.15, -0.1) is 0 Å². The molecule has 25 heavy (non-hydrogen) atoms. The molecular weight excluding hydrogens is 313 g/mol. The van der Waals surface area contributed by atoms with Crippen LogP contribution in [0.4, 0.5) is 0 Å². The van der Waals surface area contributed by atoms with E-state index in [1.165, 1.54) is 0 Å². The van der Waals surface area contributed by atoms with Crippen molar-refractivity contribution in [2.24, 2.45) is 5.73 Å². The number of carbonyl (C=O) groups is 1. The zero-order valence-corrected chi connectivity index (χ0v) is 14.4. The largest absolute Gasteiger partial charge is 0.454 e. The van der Waals surface area contributed by atoms with Gasteiger partial charge in [0, 0.05) is 6.42 Å². The summed E-state index contributed by atoms with van der Waals surface area (Å²) in [5.74, 6) is -0.359. The predicted octanol–water partition coefficient (Wildman–Crippen LogP) is 2.38. The summed E-state index contributed by atoms with van der Waals surface area (Å²) in [5, 5.41) is 19.2. The van der Waals surface area contributed by atoms with Crippen molar-refractivity contribution in [2.45, 2.75) is 44.0 Å². The number of hydrogen-bond donors (Lipinski definition) is 3. The second-order valence-corrected chi connectivity index (χ2v) is 6.50. The average molecular weight is 339 g/mol. The van der Waals surface area contributed by atoms with E-state index >= 15 is 0 Å². The molecule has 5 heteroatoms. The molecule has 0 aliphatic heterocycles. The maximum atomic E-state index is 12.3. The SMILES string of the molecule is N[C@@H](Cc1ccccc1)C(=O)CC[C@@H](CCc1ccccc1)B(O)O. The Balaban J connectivity index is 1.80. The second kappa shape index (κ2) is 10.1. The van der Waals surface area contributed by atoms with Gasteiger partial charge in [0.1, 0.15) is 5.78 Å². The van der Waals surface area contributed by atoms with Gasteiger partial charge in [-0.05, 0) is 42.6 Å². The van der Waals surface area contributed by atoms with Gasteiger partial charge in [-0.3, -0.25) is 4.79 Å². The van der Waals surface area contributed by atoms with Crippen LogP contribution in [0.5, 0.6) is 0 Å². The van der Waals surface area contributed by atoms with E-state index in [-0.39, 0.29) is 18.0 Å². The molecule has 132 valence electrons. The lowest BCUT2D eigenvalue weighted by molar-refractivity contribution is -0.120. The van der Waals surface area contributed by atoms with Crippen LogP contribution in [0.3, 0.4) is 0 Å². The van der Waals surface area contributed by atoms with Crippen LogP contribution in [0.1, 0.15) is 30.4 Å². The molecule has 0 radical (unpaired) electrons. The number of Topliss-reactive ketones (excluding diaryl/α,β-unsaturated/α-hetero) is 1. The van der Waals surface area contributed by atoms with Crippen LogP contribution in [-0.4, -0.2) is 29.0 Å². The molecule has 0 aliphatic carbocycles. The summed E-state index contributed by atoms with van der Waals surface area (Å²) < 4.78 is 0. The highest BCUT2D eigenvalue weighted by atomic mass is 16.4. The molecule has 2 aromatic rings. The van der Waals surface area contributed by atoms with Crippen molar-refractivity contribution >= 4 is 12.9 Å². The van der Waals surface area contributed by atoms with E-state index in [1.807, 2.05) is 60.7 Å². The Morgan fingerprint density at radius 1 is 0.920 bits per heavy atom. The summed E-state index contributed by atoms with van der Waals surface area (Å²) in [4.78, 5) is 12.3. The fourth-order valence-electron chi connectivity index (χ4n) is 2.93. The topological polar surface area (TPSA) is 83.6 Å². The third-order valence-corrected chi connectivity index (χ3v) is 4.54. The van der Waals surface area contributed by atoms with Gasteiger partial charge in [0.25, 0.3) is 0 Å². The minimum atomic E-state index is -1.41. The summed E-state index contributed by atoms with van der Waals surface area (Å²) in [6.45, 7) is 0. The van der Waals surface area contributed by atoms with E-state index in [0.717, 1.165) is 17.5 Å². The van der Waals surface area contributed by atoms with Crippen LogP contribution in [0, 0.1) is 0 Å². The minimum absolute atomic E-state index is 0.0331. The van der Waals surface area contributed by atoms with Gasteiger partial charge in [0.05, 0.1) is 6.04 Å².